The fraction of sp³-hybridized carbons (Fsp3) is 0.286. The number of hydrogen-bond donors (Lipinski definition) is 1. The molecule has 0 saturated carbocycles. The highest BCUT2D eigenvalue weighted by atomic mass is 79.9. The second-order valence-electron chi connectivity index (χ2n) is 4.33. The van der Waals surface area contributed by atoms with E-state index in [1.807, 2.05) is 7.05 Å². The van der Waals surface area contributed by atoms with Crippen LogP contribution in [-0.4, -0.2) is 7.05 Å². The van der Waals surface area contributed by atoms with Crippen molar-refractivity contribution in [1.29, 1.82) is 0 Å². The van der Waals surface area contributed by atoms with Gasteiger partial charge >= 0.3 is 0 Å². The van der Waals surface area contributed by atoms with E-state index in [1.165, 1.54) is 25.4 Å². The molecule has 2 rings (SSSR count). The molecule has 0 saturated heterocycles. The van der Waals surface area contributed by atoms with Gasteiger partial charge in [-0.2, -0.15) is 0 Å². The zero-order chi connectivity index (χ0) is 13.3. The minimum atomic E-state index is 0.248. The van der Waals surface area contributed by atoms with Crippen molar-refractivity contribution >= 4 is 43.2 Å². The Morgan fingerprint density at radius 1 is 1.11 bits per heavy atom. The summed E-state index contributed by atoms with van der Waals surface area (Å²) in [6, 6.07) is 8.92. The topological polar surface area (TPSA) is 12.0 Å². The summed E-state index contributed by atoms with van der Waals surface area (Å²) < 4.78 is 2.33. The molecule has 1 unspecified atom stereocenters. The molecule has 1 N–H and O–H groups in total. The summed E-state index contributed by atoms with van der Waals surface area (Å²) in [4.78, 5) is 1.34. The molecule has 2 aromatic rings. The van der Waals surface area contributed by atoms with Crippen LogP contribution < -0.4 is 5.32 Å². The first-order chi connectivity index (χ1) is 8.52. The van der Waals surface area contributed by atoms with Crippen molar-refractivity contribution in [2.75, 3.05) is 7.05 Å². The first kappa shape index (κ1) is 14.3. The molecule has 0 aliphatic heterocycles. The monoisotopic (exact) mass is 387 g/mol. The Labute approximate surface area is 129 Å². The Hall–Kier alpha value is -0.160. The van der Waals surface area contributed by atoms with Crippen molar-refractivity contribution in [2.45, 2.75) is 19.9 Å². The summed E-state index contributed by atoms with van der Waals surface area (Å²) in [7, 11) is 2.01. The summed E-state index contributed by atoms with van der Waals surface area (Å²) in [6.45, 7) is 4.28. The molecule has 0 amide bonds. The van der Waals surface area contributed by atoms with Gasteiger partial charge in [-0.1, -0.05) is 22.0 Å². The second-order valence-corrected chi connectivity index (χ2v) is 7.65. The number of aryl methyl sites for hydroxylation is 2. The standard InChI is InChI=1S/C14H15Br2NS/c1-8-4-5-10(15)7-11(8)13(17-3)12-6-9(2)14(16)18-12/h4-7,13,17H,1-3H3. The first-order valence-corrected chi connectivity index (χ1v) is 8.12. The Morgan fingerprint density at radius 2 is 1.83 bits per heavy atom. The van der Waals surface area contributed by atoms with E-state index in [0.29, 0.717) is 0 Å². The smallest absolute Gasteiger partial charge is 0.0731 e. The van der Waals surface area contributed by atoms with Crippen molar-refractivity contribution in [2.24, 2.45) is 0 Å². The zero-order valence-corrected chi connectivity index (χ0v) is 14.5. The van der Waals surface area contributed by atoms with Gasteiger partial charge in [-0.25, -0.2) is 0 Å². The van der Waals surface area contributed by atoms with Gasteiger partial charge in [-0.3, -0.25) is 0 Å². The molecular weight excluding hydrogens is 374 g/mol. The first-order valence-electron chi connectivity index (χ1n) is 5.72. The molecule has 0 radical (unpaired) electrons. The summed E-state index contributed by atoms with van der Waals surface area (Å²) in [6.07, 6.45) is 0. The van der Waals surface area contributed by atoms with Crippen LogP contribution in [0.15, 0.2) is 32.5 Å². The number of benzene rings is 1. The molecule has 0 bridgehead atoms. The number of thiophene rings is 1. The van der Waals surface area contributed by atoms with Crippen LogP contribution in [0, 0.1) is 13.8 Å². The maximum absolute atomic E-state index is 3.60. The van der Waals surface area contributed by atoms with Crippen LogP contribution in [0.25, 0.3) is 0 Å². The van der Waals surface area contributed by atoms with Crippen LogP contribution in [0.3, 0.4) is 0 Å². The lowest BCUT2D eigenvalue weighted by atomic mass is 10.00. The van der Waals surface area contributed by atoms with Crippen molar-refractivity contribution in [1.82, 2.24) is 5.32 Å². The molecule has 0 spiro atoms. The highest BCUT2D eigenvalue weighted by Gasteiger charge is 2.17. The third-order valence-electron chi connectivity index (χ3n) is 3.00. The normalized spacial score (nSPS) is 12.7. The van der Waals surface area contributed by atoms with E-state index in [2.05, 4.69) is 75.3 Å². The predicted octanol–water partition coefficient (Wildman–Crippen LogP) is 5.20. The van der Waals surface area contributed by atoms with Gasteiger partial charge in [0, 0.05) is 9.35 Å². The number of nitrogens with one attached hydrogen (secondary N) is 1. The maximum atomic E-state index is 3.60. The lowest BCUT2D eigenvalue weighted by Crippen LogP contribution is -2.17. The fourth-order valence-electron chi connectivity index (χ4n) is 2.00. The lowest BCUT2D eigenvalue weighted by molar-refractivity contribution is 0.699. The van der Waals surface area contributed by atoms with Gasteiger partial charge in [0.25, 0.3) is 0 Å². The average molecular weight is 389 g/mol. The van der Waals surface area contributed by atoms with Crippen LogP contribution in [0.2, 0.25) is 0 Å². The van der Waals surface area contributed by atoms with Crippen LogP contribution in [0.4, 0.5) is 0 Å². The Bertz CT molecular complexity index is 543. The van der Waals surface area contributed by atoms with Crippen molar-refractivity contribution in [3.05, 3.63) is 54.1 Å². The predicted molar refractivity (Wildman–Crippen MR) is 86.5 cm³/mol. The lowest BCUT2D eigenvalue weighted by Gasteiger charge is -2.18. The van der Waals surface area contributed by atoms with Crippen molar-refractivity contribution in [3.63, 3.8) is 0 Å². The van der Waals surface area contributed by atoms with Gasteiger partial charge < -0.3 is 5.32 Å². The van der Waals surface area contributed by atoms with Gasteiger partial charge in [0.2, 0.25) is 0 Å². The van der Waals surface area contributed by atoms with Gasteiger partial charge in [-0.05, 0) is 71.7 Å². The molecule has 96 valence electrons. The van der Waals surface area contributed by atoms with Gasteiger partial charge in [-0.15, -0.1) is 11.3 Å². The molecule has 0 aliphatic rings. The van der Waals surface area contributed by atoms with E-state index in [-0.39, 0.29) is 6.04 Å². The molecule has 1 heterocycles. The van der Waals surface area contributed by atoms with E-state index < -0.39 is 0 Å². The molecule has 18 heavy (non-hydrogen) atoms. The number of halogens is 2. The fourth-order valence-corrected chi connectivity index (χ4v) is 4.08. The van der Waals surface area contributed by atoms with E-state index in [4.69, 9.17) is 0 Å². The van der Waals surface area contributed by atoms with E-state index >= 15 is 0 Å². The molecule has 4 heteroatoms. The minimum Gasteiger partial charge on any atom is -0.309 e. The molecule has 1 aromatic heterocycles. The second kappa shape index (κ2) is 5.87. The molecular formula is C14H15Br2NS. The average Bonchev–Trinajstić information content (AvgIpc) is 2.65. The molecule has 1 aromatic carbocycles. The van der Waals surface area contributed by atoms with E-state index in [9.17, 15) is 0 Å². The molecule has 0 fully saturated rings. The highest BCUT2D eigenvalue weighted by Crippen LogP contribution is 2.35. The van der Waals surface area contributed by atoms with Crippen LogP contribution in [0.5, 0.6) is 0 Å². The molecule has 0 aliphatic carbocycles. The summed E-state index contributed by atoms with van der Waals surface area (Å²) in [5, 5.41) is 3.41. The Morgan fingerprint density at radius 3 is 2.39 bits per heavy atom. The van der Waals surface area contributed by atoms with Crippen molar-refractivity contribution < 1.29 is 0 Å². The highest BCUT2D eigenvalue weighted by molar-refractivity contribution is 9.11. The largest absolute Gasteiger partial charge is 0.309 e. The zero-order valence-electron chi connectivity index (χ0n) is 10.6. The third-order valence-corrected chi connectivity index (χ3v) is 5.70. The van der Waals surface area contributed by atoms with Gasteiger partial charge in [0.1, 0.15) is 0 Å². The van der Waals surface area contributed by atoms with E-state index in [0.717, 1.165) is 4.47 Å². The summed E-state index contributed by atoms with van der Waals surface area (Å²) in [5.41, 5.74) is 3.92. The SMILES string of the molecule is CNC(c1cc(C)c(Br)s1)c1cc(Br)ccc1C. The summed E-state index contributed by atoms with van der Waals surface area (Å²) >= 11 is 8.95. The van der Waals surface area contributed by atoms with Crippen LogP contribution >= 0.6 is 43.2 Å². The maximum Gasteiger partial charge on any atom is 0.0731 e. The van der Waals surface area contributed by atoms with Crippen LogP contribution in [0.1, 0.15) is 27.6 Å². The molecule has 1 atom stereocenters. The Kier molecular flexibility index (Phi) is 4.64. The minimum absolute atomic E-state index is 0.248. The Balaban J connectivity index is 2.48. The summed E-state index contributed by atoms with van der Waals surface area (Å²) in [5.74, 6) is 0. The quantitative estimate of drug-likeness (QED) is 0.761. The number of hydrogen-bond acceptors (Lipinski definition) is 2. The van der Waals surface area contributed by atoms with E-state index in [1.54, 1.807) is 11.3 Å². The van der Waals surface area contributed by atoms with Crippen molar-refractivity contribution in [3.8, 4) is 0 Å². The third kappa shape index (κ3) is 2.87. The van der Waals surface area contributed by atoms with Crippen LogP contribution in [-0.2, 0) is 0 Å². The van der Waals surface area contributed by atoms with Gasteiger partial charge in [0.05, 0.1) is 9.83 Å². The molecule has 1 nitrogen and oxygen atoms in total. The number of rotatable bonds is 3. The van der Waals surface area contributed by atoms with Gasteiger partial charge in [0.15, 0.2) is 0 Å².